The summed E-state index contributed by atoms with van der Waals surface area (Å²) in [5, 5.41) is 9.58. The average molecular weight is 262 g/mol. The van der Waals surface area contributed by atoms with Crippen molar-refractivity contribution in [2.24, 2.45) is 11.3 Å². The highest BCUT2D eigenvalue weighted by Gasteiger charge is 2.34. The van der Waals surface area contributed by atoms with Gasteiger partial charge in [0.15, 0.2) is 0 Å². The van der Waals surface area contributed by atoms with Gasteiger partial charge in [-0.15, -0.1) is 0 Å². The van der Waals surface area contributed by atoms with E-state index in [4.69, 9.17) is 5.73 Å². The molecule has 19 heavy (non-hydrogen) atoms. The van der Waals surface area contributed by atoms with E-state index in [0.29, 0.717) is 17.2 Å². The quantitative estimate of drug-likeness (QED) is 0.603. The van der Waals surface area contributed by atoms with Crippen LogP contribution in [0.5, 0.6) is 5.75 Å². The highest BCUT2D eigenvalue weighted by molar-refractivity contribution is 5.95. The molecule has 1 amide bonds. The number of rotatable bonds is 1. The van der Waals surface area contributed by atoms with E-state index in [1.54, 1.807) is 12.1 Å². The van der Waals surface area contributed by atoms with Crippen LogP contribution in [0.3, 0.4) is 0 Å². The first-order chi connectivity index (χ1) is 8.79. The number of benzene rings is 1. The van der Waals surface area contributed by atoms with Gasteiger partial charge in [-0.25, -0.2) is 0 Å². The fraction of sp³-hybridized carbons (Fsp3) is 0.533. The van der Waals surface area contributed by atoms with Crippen LogP contribution in [0.4, 0.5) is 5.69 Å². The molecular weight excluding hydrogens is 240 g/mol. The number of phenolic OH excluding ortho intramolecular Hbond substituents is 1. The van der Waals surface area contributed by atoms with Crippen LogP contribution in [0.15, 0.2) is 18.2 Å². The van der Waals surface area contributed by atoms with Gasteiger partial charge in [0.05, 0.1) is 5.69 Å². The molecule has 1 unspecified atom stereocenters. The van der Waals surface area contributed by atoms with E-state index < -0.39 is 0 Å². The number of nitrogens with two attached hydrogens (primary N) is 1. The predicted octanol–water partition coefficient (Wildman–Crippen LogP) is 2.48. The molecule has 0 saturated carbocycles. The zero-order chi connectivity index (χ0) is 14.2. The zero-order valence-corrected chi connectivity index (χ0v) is 11.8. The molecular formula is C15H22N2O2. The minimum Gasteiger partial charge on any atom is -0.506 e. The summed E-state index contributed by atoms with van der Waals surface area (Å²) in [6, 6.07) is 4.68. The first-order valence-corrected chi connectivity index (χ1v) is 6.67. The molecule has 0 radical (unpaired) electrons. The Balaban J connectivity index is 2.11. The Kier molecular flexibility index (Phi) is 3.43. The highest BCUT2D eigenvalue weighted by Crippen LogP contribution is 2.34. The Labute approximate surface area is 114 Å². The monoisotopic (exact) mass is 262 g/mol. The number of hydrogen-bond acceptors (Lipinski definition) is 3. The number of likely N-dealkylation sites (tertiary alicyclic amines) is 1. The van der Waals surface area contributed by atoms with Crippen molar-refractivity contribution in [1.82, 2.24) is 4.90 Å². The molecule has 1 aromatic rings. The Hall–Kier alpha value is -1.71. The molecule has 104 valence electrons. The van der Waals surface area contributed by atoms with Crippen LogP contribution < -0.4 is 5.73 Å². The lowest BCUT2D eigenvalue weighted by Gasteiger charge is -2.27. The van der Waals surface area contributed by atoms with Crippen LogP contribution in [0.25, 0.3) is 0 Å². The molecule has 0 spiro atoms. The standard InChI is InChI=1S/C15H22N2O2/c1-15(2,3)11-6-7-17(9-11)14(19)10-4-5-12(16)13(18)8-10/h4-5,8,11,18H,6-7,9,16H2,1-3H3. The second-order valence-electron chi connectivity index (χ2n) is 6.38. The molecule has 2 rings (SSSR count). The van der Waals surface area contributed by atoms with Crippen LogP contribution in [-0.4, -0.2) is 29.0 Å². The number of anilines is 1. The largest absolute Gasteiger partial charge is 0.506 e. The van der Waals surface area contributed by atoms with E-state index in [1.165, 1.54) is 6.07 Å². The van der Waals surface area contributed by atoms with E-state index in [1.807, 2.05) is 4.90 Å². The van der Waals surface area contributed by atoms with Gasteiger partial charge in [-0.2, -0.15) is 0 Å². The van der Waals surface area contributed by atoms with Gasteiger partial charge in [0, 0.05) is 18.7 Å². The number of nitrogen functional groups attached to an aromatic ring is 1. The van der Waals surface area contributed by atoms with Crippen molar-refractivity contribution in [2.45, 2.75) is 27.2 Å². The molecule has 1 saturated heterocycles. The third kappa shape index (κ3) is 2.83. The number of hydrogen-bond donors (Lipinski definition) is 2. The van der Waals surface area contributed by atoms with E-state index >= 15 is 0 Å². The topological polar surface area (TPSA) is 66.6 Å². The summed E-state index contributed by atoms with van der Waals surface area (Å²) >= 11 is 0. The maximum absolute atomic E-state index is 12.4. The normalized spacial score (nSPS) is 19.7. The summed E-state index contributed by atoms with van der Waals surface area (Å²) in [6.45, 7) is 8.20. The SMILES string of the molecule is CC(C)(C)C1CCN(C(=O)c2ccc(N)c(O)c2)C1. The first kappa shape index (κ1) is 13.7. The maximum Gasteiger partial charge on any atom is 0.254 e. The maximum atomic E-state index is 12.4. The van der Waals surface area contributed by atoms with Gasteiger partial charge in [-0.1, -0.05) is 20.8 Å². The van der Waals surface area contributed by atoms with Gasteiger partial charge in [0.25, 0.3) is 5.91 Å². The minimum absolute atomic E-state index is 0.0259. The van der Waals surface area contributed by atoms with Crippen LogP contribution in [0.2, 0.25) is 0 Å². The molecule has 0 aromatic heterocycles. The van der Waals surface area contributed by atoms with Gasteiger partial charge in [-0.3, -0.25) is 4.79 Å². The smallest absolute Gasteiger partial charge is 0.254 e. The molecule has 0 aliphatic carbocycles. The molecule has 0 bridgehead atoms. The summed E-state index contributed by atoms with van der Waals surface area (Å²) < 4.78 is 0. The van der Waals surface area contributed by atoms with Crippen LogP contribution in [0.1, 0.15) is 37.6 Å². The molecule has 1 atom stereocenters. The van der Waals surface area contributed by atoms with Crippen LogP contribution >= 0.6 is 0 Å². The van der Waals surface area contributed by atoms with E-state index in [2.05, 4.69) is 20.8 Å². The fourth-order valence-electron chi connectivity index (χ4n) is 2.51. The Morgan fingerprint density at radius 3 is 2.63 bits per heavy atom. The van der Waals surface area contributed by atoms with Gasteiger partial charge in [-0.05, 0) is 36.0 Å². The third-order valence-corrected chi connectivity index (χ3v) is 3.98. The molecule has 1 aliphatic rings. The number of carbonyl (C=O) groups is 1. The summed E-state index contributed by atoms with van der Waals surface area (Å²) in [4.78, 5) is 14.2. The highest BCUT2D eigenvalue weighted by atomic mass is 16.3. The first-order valence-electron chi connectivity index (χ1n) is 6.67. The van der Waals surface area contributed by atoms with Gasteiger partial charge >= 0.3 is 0 Å². The van der Waals surface area contributed by atoms with Gasteiger partial charge in [0.1, 0.15) is 5.75 Å². The van der Waals surface area contributed by atoms with E-state index in [0.717, 1.165) is 19.5 Å². The van der Waals surface area contributed by atoms with Crippen molar-refractivity contribution in [3.05, 3.63) is 23.8 Å². The third-order valence-electron chi connectivity index (χ3n) is 3.98. The van der Waals surface area contributed by atoms with Crippen molar-refractivity contribution in [3.63, 3.8) is 0 Å². The molecule has 4 heteroatoms. The number of aromatic hydroxyl groups is 1. The molecule has 4 nitrogen and oxygen atoms in total. The Bertz CT molecular complexity index is 491. The zero-order valence-electron chi connectivity index (χ0n) is 11.8. The fourth-order valence-corrected chi connectivity index (χ4v) is 2.51. The summed E-state index contributed by atoms with van der Waals surface area (Å²) in [7, 11) is 0. The van der Waals surface area contributed by atoms with E-state index in [-0.39, 0.29) is 17.1 Å². The van der Waals surface area contributed by atoms with Crippen LogP contribution in [0, 0.1) is 11.3 Å². The average Bonchev–Trinajstić information content (AvgIpc) is 2.81. The van der Waals surface area contributed by atoms with E-state index in [9.17, 15) is 9.90 Å². The van der Waals surface area contributed by atoms with Crippen molar-refractivity contribution in [1.29, 1.82) is 0 Å². The molecule has 1 aromatic carbocycles. The number of carbonyl (C=O) groups excluding carboxylic acids is 1. The second kappa shape index (κ2) is 4.76. The summed E-state index contributed by atoms with van der Waals surface area (Å²) in [5.74, 6) is 0.471. The van der Waals surface area contributed by atoms with Crippen molar-refractivity contribution in [3.8, 4) is 5.75 Å². The number of amides is 1. The van der Waals surface area contributed by atoms with Crippen LogP contribution in [-0.2, 0) is 0 Å². The Morgan fingerprint density at radius 1 is 1.42 bits per heavy atom. The lowest BCUT2D eigenvalue weighted by Crippen LogP contribution is -2.31. The number of nitrogens with zero attached hydrogens (tertiary/aromatic N) is 1. The number of phenols is 1. The lowest BCUT2D eigenvalue weighted by molar-refractivity contribution is 0.0776. The molecule has 1 fully saturated rings. The summed E-state index contributed by atoms with van der Waals surface area (Å²) in [6.07, 6.45) is 1.04. The minimum atomic E-state index is -0.0302. The molecule has 3 N–H and O–H groups in total. The molecule has 1 aliphatic heterocycles. The summed E-state index contributed by atoms with van der Waals surface area (Å²) in [5.41, 5.74) is 6.57. The van der Waals surface area contributed by atoms with Gasteiger partial charge in [0.2, 0.25) is 0 Å². The lowest BCUT2D eigenvalue weighted by atomic mass is 9.80. The van der Waals surface area contributed by atoms with Crippen molar-refractivity contribution >= 4 is 11.6 Å². The predicted molar refractivity (Wildman–Crippen MR) is 76.0 cm³/mol. The van der Waals surface area contributed by atoms with Crippen molar-refractivity contribution in [2.75, 3.05) is 18.8 Å². The van der Waals surface area contributed by atoms with Crippen molar-refractivity contribution < 1.29 is 9.90 Å². The second-order valence-corrected chi connectivity index (χ2v) is 6.38. The Morgan fingerprint density at radius 2 is 2.11 bits per heavy atom. The molecule has 1 heterocycles. The van der Waals surface area contributed by atoms with Gasteiger partial charge < -0.3 is 15.7 Å².